The predicted molar refractivity (Wildman–Crippen MR) is 66.6 cm³/mol. The topological polar surface area (TPSA) is 49.3 Å². The van der Waals surface area contributed by atoms with Crippen molar-refractivity contribution in [3.63, 3.8) is 0 Å². The summed E-state index contributed by atoms with van der Waals surface area (Å²) in [5.74, 6) is -0.284. The van der Waals surface area contributed by atoms with Crippen molar-refractivity contribution in [3.8, 4) is 0 Å². The Kier molecular flexibility index (Phi) is 2.14. The lowest BCUT2D eigenvalue weighted by Gasteiger charge is -2.23. The number of rotatable bonds is 1. The first-order valence-electron chi connectivity index (χ1n) is 5.09. The third kappa shape index (κ3) is 1.43. The lowest BCUT2D eigenvalue weighted by atomic mass is 9.88. The van der Waals surface area contributed by atoms with Crippen LogP contribution in [0.5, 0.6) is 0 Å². The van der Waals surface area contributed by atoms with Crippen molar-refractivity contribution in [2.24, 2.45) is 0 Å². The Morgan fingerprint density at radius 1 is 1.35 bits per heavy atom. The molecule has 0 saturated carbocycles. The molecular weight excluding hydrogens is 233 g/mol. The SMILES string of the molecule is [B]c1ccc2c(c1)C(O)(c1ccsc1)NC2=O. The Labute approximate surface area is 104 Å². The van der Waals surface area contributed by atoms with E-state index in [1.165, 1.54) is 11.3 Å². The standard InChI is InChI=1S/C12H8BNO2S/c13-8-1-2-9-10(5-8)12(16,14-11(9)15)7-3-4-17-6-7/h1-6,16H,(H,14,15). The fourth-order valence-electron chi connectivity index (χ4n) is 2.06. The quantitative estimate of drug-likeness (QED) is 0.713. The van der Waals surface area contributed by atoms with Crippen LogP contribution in [0.15, 0.2) is 35.0 Å². The van der Waals surface area contributed by atoms with Gasteiger partial charge in [-0.25, -0.2) is 0 Å². The van der Waals surface area contributed by atoms with Gasteiger partial charge in [0, 0.05) is 16.7 Å². The summed E-state index contributed by atoms with van der Waals surface area (Å²) >= 11 is 1.46. The maximum absolute atomic E-state index is 11.8. The molecule has 3 nitrogen and oxygen atoms in total. The second kappa shape index (κ2) is 3.45. The van der Waals surface area contributed by atoms with E-state index in [9.17, 15) is 9.90 Å². The number of aliphatic hydroxyl groups is 1. The molecule has 1 amide bonds. The number of carbonyl (C=O) groups is 1. The van der Waals surface area contributed by atoms with E-state index in [2.05, 4.69) is 5.32 Å². The highest BCUT2D eigenvalue weighted by molar-refractivity contribution is 7.08. The Bertz CT molecular complexity index is 597. The van der Waals surface area contributed by atoms with Crippen molar-refractivity contribution >= 4 is 30.6 Å². The van der Waals surface area contributed by atoms with Gasteiger partial charge in [-0.15, -0.1) is 0 Å². The molecule has 0 bridgehead atoms. The molecule has 0 spiro atoms. The molecule has 82 valence electrons. The fourth-order valence-corrected chi connectivity index (χ4v) is 2.76. The van der Waals surface area contributed by atoms with Crippen molar-refractivity contribution in [1.82, 2.24) is 5.32 Å². The molecule has 0 aliphatic carbocycles. The second-order valence-corrected chi connectivity index (χ2v) is 4.76. The van der Waals surface area contributed by atoms with E-state index < -0.39 is 5.72 Å². The molecule has 1 aliphatic heterocycles. The molecule has 0 fully saturated rings. The number of nitrogens with one attached hydrogen (secondary N) is 1. The van der Waals surface area contributed by atoms with Gasteiger partial charge < -0.3 is 10.4 Å². The van der Waals surface area contributed by atoms with Crippen LogP contribution in [-0.4, -0.2) is 18.9 Å². The van der Waals surface area contributed by atoms with Gasteiger partial charge in [-0.05, 0) is 22.9 Å². The van der Waals surface area contributed by atoms with Crippen molar-refractivity contribution in [2.45, 2.75) is 5.72 Å². The zero-order valence-electron chi connectivity index (χ0n) is 8.81. The summed E-state index contributed by atoms with van der Waals surface area (Å²) in [5.41, 5.74) is 0.699. The molecule has 2 N–H and O–H groups in total. The molecule has 0 saturated heterocycles. The molecule has 1 aromatic heterocycles. The minimum Gasteiger partial charge on any atom is -0.363 e. The van der Waals surface area contributed by atoms with Crippen LogP contribution in [0.3, 0.4) is 0 Å². The average Bonchev–Trinajstić information content (AvgIpc) is 2.88. The molecule has 17 heavy (non-hydrogen) atoms. The van der Waals surface area contributed by atoms with Gasteiger partial charge in [0.15, 0.2) is 5.72 Å². The number of carbonyl (C=O) groups excluding carboxylic acids is 1. The summed E-state index contributed by atoms with van der Waals surface area (Å²) in [4.78, 5) is 11.8. The summed E-state index contributed by atoms with van der Waals surface area (Å²) in [7, 11) is 5.70. The highest BCUT2D eigenvalue weighted by atomic mass is 32.1. The molecule has 1 unspecified atom stereocenters. The van der Waals surface area contributed by atoms with E-state index >= 15 is 0 Å². The molecule has 1 atom stereocenters. The monoisotopic (exact) mass is 241 g/mol. The predicted octanol–water partition coefficient (Wildman–Crippen LogP) is 0.479. The lowest BCUT2D eigenvalue weighted by Crippen LogP contribution is -2.40. The van der Waals surface area contributed by atoms with Crippen LogP contribution in [0, 0.1) is 0 Å². The molecular formula is C12H8BNO2S. The van der Waals surface area contributed by atoms with Crippen molar-refractivity contribution in [1.29, 1.82) is 0 Å². The largest absolute Gasteiger partial charge is 0.363 e. The van der Waals surface area contributed by atoms with Crippen LogP contribution in [-0.2, 0) is 5.72 Å². The van der Waals surface area contributed by atoms with E-state index in [4.69, 9.17) is 7.85 Å². The molecule has 2 aromatic rings. The average molecular weight is 241 g/mol. The Balaban J connectivity index is 2.24. The minimum absolute atomic E-state index is 0.284. The van der Waals surface area contributed by atoms with E-state index in [1.807, 2.05) is 5.38 Å². The van der Waals surface area contributed by atoms with Gasteiger partial charge >= 0.3 is 0 Å². The van der Waals surface area contributed by atoms with E-state index in [-0.39, 0.29) is 5.91 Å². The van der Waals surface area contributed by atoms with Crippen LogP contribution in [0.25, 0.3) is 0 Å². The van der Waals surface area contributed by atoms with Gasteiger partial charge in [-0.3, -0.25) is 4.79 Å². The maximum atomic E-state index is 11.8. The third-order valence-electron chi connectivity index (χ3n) is 2.91. The van der Waals surface area contributed by atoms with E-state index in [1.54, 1.807) is 29.6 Å². The van der Waals surface area contributed by atoms with Crippen molar-refractivity contribution < 1.29 is 9.90 Å². The summed E-state index contributed by atoms with van der Waals surface area (Å²) in [6.45, 7) is 0. The van der Waals surface area contributed by atoms with Crippen LogP contribution in [0.4, 0.5) is 0 Å². The molecule has 5 heteroatoms. The maximum Gasteiger partial charge on any atom is 0.254 e. The lowest BCUT2D eigenvalue weighted by molar-refractivity contribution is 0.0479. The molecule has 2 heterocycles. The number of amides is 1. The first-order valence-corrected chi connectivity index (χ1v) is 6.03. The van der Waals surface area contributed by atoms with Crippen molar-refractivity contribution in [2.75, 3.05) is 0 Å². The summed E-state index contributed by atoms with van der Waals surface area (Å²) in [6.07, 6.45) is 0. The van der Waals surface area contributed by atoms with Crippen LogP contribution >= 0.6 is 11.3 Å². The van der Waals surface area contributed by atoms with Crippen LogP contribution in [0.1, 0.15) is 21.5 Å². The minimum atomic E-state index is -1.46. The van der Waals surface area contributed by atoms with E-state index in [0.29, 0.717) is 22.2 Å². The van der Waals surface area contributed by atoms with Crippen molar-refractivity contribution in [3.05, 3.63) is 51.7 Å². The van der Waals surface area contributed by atoms with Gasteiger partial charge in [0.05, 0.1) is 0 Å². The Morgan fingerprint density at radius 2 is 2.18 bits per heavy atom. The van der Waals surface area contributed by atoms with E-state index in [0.717, 1.165) is 0 Å². The van der Waals surface area contributed by atoms with Gasteiger partial charge in [0.1, 0.15) is 7.85 Å². The number of thiophene rings is 1. The molecule has 1 aliphatic rings. The summed E-state index contributed by atoms with van der Waals surface area (Å²) in [5, 5.41) is 16.9. The van der Waals surface area contributed by atoms with Gasteiger partial charge in [0.25, 0.3) is 5.91 Å². The van der Waals surface area contributed by atoms with Gasteiger partial charge in [0.2, 0.25) is 0 Å². The molecule has 2 radical (unpaired) electrons. The number of hydrogen-bond acceptors (Lipinski definition) is 3. The Hall–Kier alpha value is -1.59. The molecule has 1 aromatic carbocycles. The zero-order chi connectivity index (χ0) is 12.0. The highest BCUT2D eigenvalue weighted by Crippen LogP contribution is 2.35. The summed E-state index contributed by atoms with van der Waals surface area (Å²) in [6, 6.07) is 6.69. The first-order chi connectivity index (χ1) is 8.11. The zero-order valence-corrected chi connectivity index (χ0v) is 9.62. The van der Waals surface area contributed by atoms with Gasteiger partial charge in [-0.2, -0.15) is 11.3 Å². The number of hydrogen-bond donors (Lipinski definition) is 2. The highest BCUT2D eigenvalue weighted by Gasteiger charge is 2.42. The second-order valence-electron chi connectivity index (χ2n) is 3.98. The number of fused-ring (bicyclic) bond motifs is 1. The fraction of sp³-hybridized carbons (Fsp3) is 0.0833. The Morgan fingerprint density at radius 3 is 2.88 bits per heavy atom. The number of benzene rings is 1. The van der Waals surface area contributed by atoms with Crippen LogP contribution in [0.2, 0.25) is 0 Å². The van der Waals surface area contributed by atoms with Crippen LogP contribution < -0.4 is 10.8 Å². The first kappa shape index (κ1) is 10.6. The molecule has 3 rings (SSSR count). The third-order valence-corrected chi connectivity index (χ3v) is 3.59. The summed E-state index contributed by atoms with van der Waals surface area (Å²) < 4.78 is 0. The smallest absolute Gasteiger partial charge is 0.254 e. The normalized spacial score (nSPS) is 22.3. The van der Waals surface area contributed by atoms with Gasteiger partial charge in [-0.1, -0.05) is 17.6 Å².